The van der Waals surface area contributed by atoms with Crippen molar-refractivity contribution in [2.75, 3.05) is 13.1 Å². The highest BCUT2D eigenvalue weighted by atomic mass is 35.5. The Hall–Kier alpha value is -1.37. The predicted molar refractivity (Wildman–Crippen MR) is 82.4 cm³/mol. The van der Waals surface area contributed by atoms with E-state index in [9.17, 15) is 13.2 Å². The van der Waals surface area contributed by atoms with Crippen LogP contribution in [0.5, 0.6) is 0 Å². The van der Waals surface area contributed by atoms with Gasteiger partial charge < -0.3 is 5.11 Å². The molecule has 0 aliphatic rings. The summed E-state index contributed by atoms with van der Waals surface area (Å²) in [6.45, 7) is 9.03. The van der Waals surface area contributed by atoms with Crippen LogP contribution in [0.15, 0.2) is 29.2 Å². The first-order valence-electron chi connectivity index (χ1n) is 6.29. The Morgan fingerprint density at radius 3 is 2.43 bits per heavy atom. The summed E-state index contributed by atoms with van der Waals surface area (Å²) >= 11 is 5.86. The molecule has 0 amide bonds. The summed E-state index contributed by atoms with van der Waals surface area (Å²) in [6.07, 6.45) is 0. The molecular weight excluding hydrogens is 314 g/mol. The van der Waals surface area contributed by atoms with Gasteiger partial charge >= 0.3 is 5.97 Å². The van der Waals surface area contributed by atoms with Crippen molar-refractivity contribution in [3.8, 4) is 0 Å². The maximum atomic E-state index is 12.7. The summed E-state index contributed by atoms with van der Waals surface area (Å²) < 4.78 is 26.6. The summed E-state index contributed by atoms with van der Waals surface area (Å²) in [5, 5.41) is 9.21. The molecule has 0 aliphatic heterocycles. The molecule has 0 aliphatic carbocycles. The minimum atomic E-state index is -3.83. The van der Waals surface area contributed by atoms with Gasteiger partial charge in [0.05, 0.1) is 10.5 Å². The predicted octanol–water partition coefficient (Wildman–Crippen LogP) is 2.93. The summed E-state index contributed by atoms with van der Waals surface area (Å²) in [5.74, 6) is -1.21. The van der Waals surface area contributed by atoms with Crippen LogP contribution in [0, 0.1) is 6.92 Å². The molecule has 0 bridgehead atoms. The van der Waals surface area contributed by atoms with Crippen LogP contribution in [0.3, 0.4) is 0 Å². The number of benzene rings is 1. The number of hydrogen-bond donors (Lipinski definition) is 1. The Labute approximate surface area is 129 Å². The second-order valence-corrected chi connectivity index (χ2v) is 7.11. The van der Waals surface area contributed by atoms with Crippen LogP contribution >= 0.6 is 11.6 Å². The lowest BCUT2D eigenvalue weighted by Gasteiger charge is -2.22. The van der Waals surface area contributed by atoms with Crippen LogP contribution in [-0.4, -0.2) is 36.9 Å². The molecule has 0 saturated carbocycles. The smallest absolute Gasteiger partial charge is 0.336 e. The Bertz CT molecular complexity index is 682. The lowest BCUT2D eigenvalue weighted by molar-refractivity contribution is 0.0696. The van der Waals surface area contributed by atoms with Crippen molar-refractivity contribution in [2.24, 2.45) is 0 Å². The molecule has 21 heavy (non-hydrogen) atoms. The highest BCUT2D eigenvalue weighted by molar-refractivity contribution is 7.89. The van der Waals surface area contributed by atoms with E-state index >= 15 is 0 Å². The van der Waals surface area contributed by atoms with E-state index in [-0.39, 0.29) is 34.1 Å². The summed E-state index contributed by atoms with van der Waals surface area (Å²) in [7, 11) is -3.83. The van der Waals surface area contributed by atoms with Crippen molar-refractivity contribution in [2.45, 2.75) is 25.7 Å². The molecule has 0 aromatic heterocycles. The second kappa shape index (κ2) is 6.60. The standard InChI is InChI=1S/C14H18ClNO4S/c1-5-16(8-9(2)3)21(19,20)13-7-11(15)6-12(10(13)4)14(17)18/h6-7H,2,5,8H2,1,3-4H3,(H,17,18). The molecule has 0 heterocycles. The number of aromatic carboxylic acids is 1. The summed E-state index contributed by atoms with van der Waals surface area (Å²) in [5.41, 5.74) is 0.748. The minimum Gasteiger partial charge on any atom is -0.478 e. The molecule has 0 fully saturated rings. The number of likely N-dealkylation sites (N-methyl/N-ethyl adjacent to an activating group) is 1. The van der Waals surface area contributed by atoms with Gasteiger partial charge in [-0.25, -0.2) is 13.2 Å². The fourth-order valence-electron chi connectivity index (χ4n) is 1.95. The van der Waals surface area contributed by atoms with Crippen molar-refractivity contribution in [1.29, 1.82) is 0 Å². The molecule has 1 aromatic rings. The third-order valence-electron chi connectivity index (χ3n) is 2.97. The first-order valence-corrected chi connectivity index (χ1v) is 8.11. The number of nitrogens with zero attached hydrogens (tertiary/aromatic N) is 1. The van der Waals surface area contributed by atoms with Gasteiger partial charge in [-0.05, 0) is 31.5 Å². The van der Waals surface area contributed by atoms with Crippen LogP contribution < -0.4 is 0 Å². The number of sulfonamides is 1. The van der Waals surface area contributed by atoms with E-state index in [0.29, 0.717) is 5.57 Å². The quantitative estimate of drug-likeness (QED) is 0.813. The molecule has 1 aromatic carbocycles. The van der Waals surface area contributed by atoms with Gasteiger partial charge in [-0.15, -0.1) is 0 Å². The van der Waals surface area contributed by atoms with E-state index in [0.717, 1.165) is 0 Å². The van der Waals surface area contributed by atoms with Crippen molar-refractivity contribution >= 4 is 27.6 Å². The van der Waals surface area contributed by atoms with Gasteiger partial charge in [-0.1, -0.05) is 30.7 Å². The zero-order valence-corrected chi connectivity index (χ0v) is 13.8. The molecule has 7 heteroatoms. The number of carboxylic acids is 1. The third-order valence-corrected chi connectivity index (χ3v) is 5.24. The second-order valence-electron chi connectivity index (χ2n) is 4.77. The number of hydrogen-bond acceptors (Lipinski definition) is 3. The van der Waals surface area contributed by atoms with Gasteiger partial charge in [0.15, 0.2) is 0 Å². The first-order chi connectivity index (χ1) is 9.61. The van der Waals surface area contributed by atoms with Crippen LogP contribution in [0.2, 0.25) is 5.02 Å². The number of rotatable bonds is 6. The SMILES string of the molecule is C=C(C)CN(CC)S(=O)(=O)c1cc(Cl)cc(C(=O)O)c1C. The average Bonchev–Trinajstić information content (AvgIpc) is 2.37. The molecule has 116 valence electrons. The Morgan fingerprint density at radius 2 is 2.00 bits per heavy atom. The highest BCUT2D eigenvalue weighted by Crippen LogP contribution is 2.27. The molecule has 0 atom stereocenters. The zero-order chi connectivity index (χ0) is 16.4. The van der Waals surface area contributed by atoms with Crippen molar-refractivity contribution in [3.05, 3.63) is 40.4 Å². The topological polar surface area (TPSA) is 74.7 Å². The molecule has 0 saturated heterocycles. The maximum Gasteiger partial charge on any atom is 0.336 e. The molecule has 1 N–H and O–H groups in total. The Kier molecular flexibility index (Phi) is 5.55. The Balaban J connectivity index is 3.50. The van der Waals surface area contributed by atoms with Crippen LogP contribution in [0.1, 0.15) is 29.8 Å². The van der Waals surface area contributed by atoms with Crippen molar-refractivity contribution < 1.29 is 18.3 Å². The van der Waals surface area contributed by atoms with Crippen LogP contribution in [-0.2, 0) is 10.0 Å². The molecule has 1 rings (SSSR count). The molecule has 0 unspecified atom stereocenters. The largest absolute Gasteiger partial charge is 0.478 e. The van der Waals surface area contributed by atoms with Crippen molar-refractivity contribution in [1.82, 2.24) is 4.31 Å². The van der Waals surface area contributed by atoms with E-state index in [1.807, 2.05) is 0 Å². The minimum absolute atomic E-state index is 0.0722. The van der Waals surface area contributed by atoms with E-state index in [2.05, 4.69) is 6.58 Å². The van der Waals surface area contributed by atoms with E-state index in [4.69, 9.17) is 16.7 Å². The monoisotopic (exact) mass is 331 g/mol. The van der Waals surface area contributed by atoms with Crippen molar-refractivity contribution in [3.63, 3.8) is 0 Å². The van der Waals surface area contributed by atoms with Gasteiger partial charge in [0, 0.05) is 18.1 Å². The number of carboxylic acid groups (broad SMARTS) is 1. The van der Waals surface area contributed by atoms with Gasteiger partial charge in [0.2, 0.25) is 10.0 Å². The fraction of sp³-hybridized carbons (Fsp3) is 0.357. The number of carbonyl (C=O) groups is 1. The molecule has 0 radical (unpaired) electrons. The maximum absolute atomic E-state index is 12.7. The lowest BCUT2D eigenvalue weighted by atomic mass is 10.1. The van der Waals surface area contributed by atoms with E-state index in [1.165, 1.54) is 23.4 Å². The van der Waals surface area contributed by atoms with Crippen LogP contribution in [0.4, 0.5) is 0 Å². The van der Waals surface area contributed by atoms with Gasteiger partial charge in [0.25, 0.3) is 0 Å². The van der Waals surface area contributed by atoms with Gasteiger partial charge in [-0.3, -0.25) is 0 Å². The first kappa shape index (κ1) is 17.7. The van der Waals surface area contributed by atoms with Crippen LogP contribution in [0.25, 0.3) is 0 Å². The van der Waals surface area contributed by atoms with Gasteiger partial charge in [-0.2, -0.15) is 4.31 Å². The fourth-order valence-corrected chi connectivity index (χ4v) is 4.02. The Morgan fingerprint density at radius 1 is 1.43 bits per heavy atom. The van der Waals surface area contributed by atoms with E-state index < -0.39 is 16.0 Å². The number of halogens is 1. The normalized spacial score (nSPS) is 11.7. The molecule has 0 spiro atoms. The average molecular weight is 332 g/mol. The summed E-state index contributed by atoms with van der Waals surface area (Å²) in [6, 6.07) is 2.52. The zero-order valence-electron chi connectivity index (χ0n) is 12.2. The molecular formula is C14H18ClNO4S. The third kappa shape index (κ3) is 3.84. The van der Waals surface area contributed by atoms with Gasteiger partial charge in [0.1, 0.15) is 0 Å². The highest BCUT2D eigenvalue weighted by Gasteiger charge is 2.27. The van der Waals surface area contributed by atoms with E-state index in [1.54, 1.807) is 13.8 Å². The summed E-state index contributed by atoms with van der Waals surface area (Å²) in [4.78, 5) is 11.1. The molecule has 5 nitrogen and oxygen atoms in total. The lowest BCUT2D eigenvalue weighted by Crippen LogP contribution is -2.33.